The maximum Gasteiger partial charge on any atom is 0.161 e. The van der Waals surface area contributed by atoms with Crippen molar-refractivity contribution in [3.05, 3.63) is 23.8 Å². The standard InChI is InChI=1S/C18H26O3/c1-20-17-11-10-14(13-18(17)21-2)12-16(19)15-8-6-4-3-5-7-9-15/h10-11,13,15H,3-9,12H2,1-2H3. The quantitative estimate of drug-likeness (QED) is 0.816. The van der Waals surface area contributed by atoms with E-state index in [4.69, 9.17) is 9.47 Å². The van der Waals surface area contributed by atoms with Crippen molar-refractivity contribution in [3.63, 3.8) is 0 Å². The van der Waals surface area contributed by atoms with E-state index in [0.29, 0.717) is 23.7 Å². The summed E-state index contributed by atoms with van der Waals surface area (Å²) < 4.78 is 10.5. The topological polar surface area (TPSA) is 35.5 Å². The predicted molar refractivity (Wildman–Crippen MR) is 84.1 cm³/mol. The summed E-state index contributed by atoms with van der Waals surface area (Å²) >= 11 is 0. The molecule has 0 amide bonds. The summed E-state index contributed by atoms with van der Waals surface area (Å²) in [6.07, 6.45) is 8.91. The van der Waals surface area contributed by atoms with Crippen LogP contribution in [0.5, 0.6) is 11.5 Å². The molecule has 1 aliphatic carbocycles. The van der Waals surface area contributed by atoms with Crippen molar-refractivity contribution < 1.29 is 14.3 Å². The third-order valence-electron chi connectivity index (χ3n) is 4.39. The molecule has 3 heteroatoms. The molecule has 0 aromatic heterocycles. The molecule has 1 aliphatic rings. The van der Waals surface area contributed by atoms with Crippen LogP contribution in [-0.2, 0) is 11.2 Å². The third-order valence-corrected chi connectivity index (χ3v) is 4.39. The molecular formula is C18H26O3. The highest BCUT2D eigenvalue weighted by molar-refractivity contribution is 5.83. The van der Waals surface area contributed by atoms with Crippen LogP contribution in [0.25, 0.3) is 0 Å². The van der Waals surface area contributed by atoms with Crippen molar-refractivity contribution in [1.29, 1.82) is 0 Å². The van der Waals surface area contributed by atoms with E-state index in [9.17, 15) is 4.79 Å². The fourth-order valence-corrected chi connectivity index (χ4v) is 3.11. The zero-order valence-corrected chi connectivity index (χ0v) is 13.2. The summed E-state index contributed by atoms with van der Waals surface area (Å²) in [6, 6.07) is 5.75. The molecule has 1 saturated carbocycles. The molecule has 0 aliphatic heterocycles. The first-order valence-corrected chi connectivity index (χ1v) is 7.98. The van der Waals surface area contributed by atoms with Crippen LogP contribution >= 0.6 is 0 Å². The van der Waals surface area contributed by atoms with Gasteiger partial charge in [-0.05, 0) is 30.5 Å². The van der Waals surface area contributed by atoms with Crippen LogP contribution in [0.1, 0.15) is 50.5 Å². The van der Waals surface area contributed by atoms with Crippen molar-refractivity contribution in [2.24, 2.45) is 5.92 Å². The normalized spacial score (nSPS) is 16.9. The van der Waals surface area contributed by atoms with Gasteiger partial charge < -0.3 is 9.47 Å². The smallest absolute Gasteiger partial charge is 0.161 e. The summed E-state index contributed by atoms with van der Waals surface area (Å²) in [6.45, 7) is 0. The van der Waals surface area contributed by atoms with E-state index in [0.717, 1.165) is 18.4 Å². The number of hydrogen-bond donors (Lipinski definition) is 0. The molecule has 0 radical (unpaired) electrons. The number of carbonyl (C=O) groups is 1. The van der Waals surface area contributed by atoms with Gasteiger partial charge in [-0.1, -0.05) is 38.2 Å². The molecular weight excluding hydrogens is 264 g/mol. The SMILES string of the molecule is COc1ccc(CC(=O)C2CCCCCCC2)cc1OC. The fourth-order valence-electron chi connectivity index (χ4n) is 3.11. The third kappa shape index (κ3) is 4.48. The van der Waals surface area contributed by atoms with E-state index in [1.54, 1.807) is 14.2 Å². The van der Waals surface area contributed by atoms with Crippen molar-refractivity contribution in [3.8, 4) is 11.5 Å². The van der Waals surface area contributed by atoms with Crippen LogP contribution in [0.2, 0.25) is 0 Å². The van der Waals surface area contributed by atoms with Gasteiger partial charge in [0.1, 0.15) is 5.78 Å². The lowest BCUT2D eigenvalue weighted by molar-refractivity contribution is -0.122. The second-order valence-corrected chi connectivity index (χ2v) is 5.87. The lowest BCUT2D eigenvalue weighted by Crippen LogP contribution is -2.18. The molecule has 0 unspecified atom stereocenters. The van der Waals surface area contributed by atoms with E-state index < -0.39 is 0 Å². The number of rotatable bonds is 5. The van der Waals surface area contributed by atoms with Crippen LogP contribution < -0.4 is 9.47 Å². The summed E-state index contributed by atoms with van der Waals surface area (Å²) in [7, 11) is 3.25. The van der Waals surface area contributed by atoms with Gasteiger partial charge in [-0.3, -0.25) is 4.79 Å². The van der Waals surface area contributed by atoms with Crippen LogP contribution in [0.4, 0.5) is 0 Å². The van der Waals surface area contributed by atoms with Gasteiger partial charge >= 0.3 is 0 Å². The highest BCUT2D eigenvalue weighted by Crippen LogP contribution is 2.29. The zero-order valence-electron chi connectivity index (χ0n) is 13.2. The minimum atomic E-state index is 0.249. The van der Waals surface area contributed by atoms with E-state index in [1.165, 1.54) is 32.1 Å². The van der Waals surface area contributed by atoms with Gasteiger partial charge in [0.2, 0.25) is 0 Å². The van der Waals surface area contributed by atoms with Gasteiger partial charge in [0, 0.05) is 12.3 Å². The Bertz CT molecular complexity index is 460. The molecule has 1 aromatic carbocycles. The molecule has 2 rings (SSSR count). The zero-order chi connectivity index (χ0) is 15.1. The molecule has 0 atom stereocenters. The summed E-state index contributed by atoms with van der Waals surface area (Å²) in [5.74, 6) is 2.03. The molecule has 0 saturated heterocycles. The van der Waals surface area contributed by atoms with Crippen LogP contribution in [0, 0.1) is 5.92 Å². The van der Waals surface area contributed by atoms with Gasteiger partial charge in [-0.15, -0.1) is 0 Å². The van der Waals surface area contributed by atoms with Crippen molar-refractivity contribution >= 4 is 5.78 Å². The lowest BCUT2D eigenvalue weighted by atomic mass is 9.86. The minimum absolute atomic E-state index is 0.249. The molecule has 0 heterocycles. The molecule has 0 N–H and O–H groups in total. The van der Waals surface area contributed by atoms with Crippen molar-refractivity contribution in [2.75, 3.05) is 14.2 Å². The number of Topliss-reactive ketones (excluding diaryl/α,β-unsaturated/α-hetero) is 1. The largest absolute Gasteiger partial charge is 0.493 e. The Labute approximate surface area is 127 Å². The molecule has 21 heavy (non-hydrogen) atoms. The summed E-state index contributed by atoms with van der Waals surface area (Å²) in [4.78, 5) is 12.5. The van der Waals surface area contributed by atoms with E-state index in [1.807, 2.05) is 18.2 Å². The maximum absolute atomic E-state index is 12.5. The van der Waals surface area contributed by atoms with Gasteiger partial charge in [0.25, 0.3) is 0 Å². The average molecular weight is 290 g/mol. The highest BCUT2D eigenvalue weighted by atomic mass is 16.5. The number of ether oxygens (including phenoxy) is 2. The first kappa shape index (κ1) is 15.9. The Morgan fingerprint density at radius 2 is 1.62 bits per heavy atom. The number of hydrogen-bond acceptors (Lipinski definition) is 3. The van der Waals surface area contributed by atoms with Gasteiger partial charge in [0.05, 0.1) is 14.2 Å². The second kappa shape index (κ2) is 8.06. The van der Waals surface area contributed by atoms with Crippen LogP contribution in [0.3, 0.4) is 0 Å². The second-order valence-electron chi connectivity index (χ2n) is 5.87. The Kier molecular flexibility index (Phi) is 6.09. The summed E-state index contributed by atoms with van der Waals surface area (Å²) in [5, 5.41) is 0. The first-order valence-electron chi connectivity index (χ1n) is 7.98. The fraction of sp³-hybridized carbons (Fsp3) is 0.611. The summed E-state index contributed by atoms with van der Waals surface area (Å²) in [5.41, 5.74) is 1.01. The van der Waals surface area contributed by atoms with E-state index >= 15 is 0 Å². The Hall–Kier alpha value is -1.51. The maximum atomic E-state index is 12.5. The molecule has 0 bridgehead atoms. The number of methoxy groups -OCH3 is 2. The van der Waals surface area contributed by atoms with Crippen LogP contribution in [0.15, 0.2) is 18.2 Å². The first-order chi connectivity index (χ1) is 10.2. The Morgan fingerprint density at radius 1 is 1.00 bits per heavy atom. The van der Waals surface area contributed by atoms with E-state index in [-0.39, 0.29) is 5.92 Å². The number of carbonyl (C=O) groups excluding carboxylic acids is 1. The molecule has 1 fully saturated rings. The van der Waals surface area contributed by atoms with Crippen molar-refractivity contribution in [1.82, 2.24) is 0 Å². The average Bonchev–Trinajstić information content (AvgIpc) is 2.46. The minimum Gasteiger partial charge on any atom is -0.493 e. The lowest BCUT2D eigenvalue weighted by Gasteiger charge is -2.18. The highest BCUT2D eigenvalue weighted by Gasteiger charge is 2.20. The van der Waals surface area contributed by atoms with Crippen molar-refractivity contribution in [2.45, 2.75) is 51.4 Å². The van der Waals surface area contributed by atoms with Gasteiger partial charge in [-0.25, -0.2) is 0 Å². The molecule has 116 valence electrons. The molecule has 0 spiro atoms. The number of benzene rings is 1. The molecule has 1 aromatic rings. The molecule has 3 nitrogen and oxygen atoms in total. The monoisotopic (exact) mass is 290 g/mol. The number of ketones is 1. The van der Waals surface area contributed by atoms with Crippen LogP contribution in [-0.4, -0.2) is 20.0 Å². The van der Waals surface area contributed by atoms with Gasteiger partial charge in [-0.2, -0.15) is 0 Å². The van der Waals surface area contributed by atoms with Gasteiger partial charge in [0.15, 0.2) is 11.5 Å². The Balaban J connectivity index is 2.00. The predicted octanol–water partition coefficient (Wildman–Crippen LogP) is 4.18. The van der Waals surface area contributed by atoms with E-state index in [2.05, 4.69) is 0 Å². The Morgan fingerprint density at radius 3 is 2.24 bits per heavy atom.